The zero-order valence-electron chi connectivity index (χ0n) is 14.1. The first kappa shape index (κ1) is 19.5. The number of nitrogens with one attached hydrogen (secondary N) is 1. The smallest absolute Gasteiger partial charge is 0.342 e. The predicted octanol–water partition coefficient (Wildman–Crippen LogP) is 4.57. The number of rotatable bonds is 7. The average Bonchev–Trinajstić information content (AvgIpc) is 2.61. The molecule has 2 rings (SSSR count). The molecule has 0 fully saturated rings. The second-order valence-corrected chi connectivity index (χ2v) is 6.47. The molecule has 26 heavy (non-hydrogen) atoms. The van der Waals surface area contributed by atoms with Gasteiger partial charge in [-0.25, -0.2) is 9.18 Å². The topological polar surface area (TPSA) is 66.4 Å². The molecule has 0 saturated carbocycles. The van der Waals surface area contributed by atoms with Crippen LogP contribution in [0.25, 0.3) is 6.08 Å². The van der Waals surface area contributed by atoms with Gasteiger partial charge in [0.15, 0.2) is 0 Å². The fraction of sp³-hybridized carbons (Fsp3) is 0.100. The highest BCUT2D eigenvalue weighted by Gasteiger charge is 2.11. The summed E-state index contributed by atoms with van der Waals surface area (Å²) in [6.45, 7) is 1.80. The van der Waals surface area contributed by atoms with Crippen molar-refractivity contribution < 1.29 is 19.1 Å². The molecule has 0 aliphatic heterocycles. The molecule has 0 radical (unpaired) electrons. The molecule has 4 nitrogen and oxygen atoms in total. The first-order valence-corrected chi connectivity index (χ1v) is 8.79. The number of carbonyl (C=O) groups is 2. The van der Waals surface area contributed by atoms with Gasteiger partial charge in [-0.1, -0.05) is 36.4 Å². The summed E-state index contributed by atoms with van der Waals surface area (Å²) in [4.78, 5) is 23.4. The number of halogens is 1. The zero-order valence-corrected chi connectivity index (χ0v) is 14.9. The average molecular weight is 371 g/mol. The number of hydrogen-bond acceptors (Lipinski definition) is 3. The Labute approximate surface area is 155 Å². The second-order valence-electron chi connectivity index (χ2n) is 5.46. The Morgan fingerprint density at radius 2 is 1.77 bits per heavy atom. The van der Waals surface area contributed by atoms with Gasteiger partial charge in [-0.15, -0.1) is 11.8 Å². The number of thioether (sulfide) groups is 1. The molecule has 2 aromatic carbocycles. The van der Waals surface area contributed by atoms with Gasteiger partial charge in [0.2, 0.25) is 5.91 Å². The molecule has 0 aromatic heterocycles. The molecule has 0 atom stereocenters. The predicted molar refractivity (Wildman–Crippen MR) is 103 cm³/mol. The number of allylic oxidation sites excluding steroid dienone is 2. The molecule has 2 N–H and O–H groups in total. The quantitative estimate of drug-likeness (QED) is 0.553. The van der Waals surface area contributed by atoms with Crippen molar-refractivity contribution in [1.29, 1.82) is 0 Å². The summed E-state index contributed by atoms with van der Waals surface area (Å²) >= 11 is 0.934. The van der Waals surface area contributed by atoms with E-state index >= 15 is 0 Å². The monoisotopic (exact) mass is 371 g/mol. The minimum absolute atomic E-state index is 0.0614. The van der Waals surface area contributed by atoms with Crippen molar-refractivity contribution in [3.05, 3.63) is 82.5 Å². The fourth-order valence-electron chi connectivity index (χ4n) is 2.10. The molecule has 0 spiro atoms. The molecule has 0 saturated heterocycles. The number of carbonyl (C=O) groups excluding carboxylic acids is 1. The van der Waals surface area contributed by atoms with Crippen molar-refractivity contribution in [2.24, 2.45) is 0 Å². The lowest BCUT2D eigenvalue weighted by molar-refractivity contribution is -0.131. The van der Waals surface area contributed by atoms with E-state index in [9.17, 15) is 19.1 Å². The normalized spacial score (nSPS) is 11.9. The van der Waals surface area contributed by atoms with Gasteiger partial charge in [0.25, 0.3) is 0 Å². The number of aliphatic carboxylic acids is 1. The Bertz CT molecular complexity index is 830. The maximum Gasteiger partial charge on any atom is 0.342 e. The standard InChI is InChI=1S/C20H18FNO3S/c1-14(11-15-5-3-2-4-6-15)12-18(20(24)25)26-13-19(23)22-17-9-7-16(21)8-10-17/h2-12H,13H2,1H3,(H,22,23)(H,24,25)/b14-11+,18-12+. The van der Waals surface area contributed by atoms with Crippen LogP contribution >= 0.6 is 11.8 Å². The molecule has 6 heteroatoms. The number of carboxylic acids is 1. The van der Waals surface area contributed by atoms with Crippen LogP contribution in [0.1, 0.15) is 12.5 Å². The lowest BCUT2D eigenvalue weighted by Gasteiger charge is -2.06. The number of hydrogen-bond donors (Lipinski definition) is 2. The van der Waals surface area contributed by atoms with Gasteiger partial charge in [-0.3, -0.25) is 4.79 Å². The largest absolute Gasteiger partial charge is 0.477 e. The third-order valence-electron chi connectivity index (χ3n) is 3.25. The number of amides is 1. The maximum atomic E-state index is 12.8. The third kappa shape index (κ3) is 6.57. The highest BCUT2D eigenvalue weighted by molar-refractivity contribution is 8.04. The summed E-state index contributed by atoms with van der Waals surface area (Å²) in [6.07, 6.45) is 3.40. The van der Waals surface area contributed by atoms with E-state index in [1.165, 1.54) is 30.3 Å². The molecule has 0 unspecified atom stereocenters. The van der Waals surface area contributed by atoms with Crippen molar-refractivity contribution in [2.45, 2.75) is 6.92 Å². The molecule has 0 aliphatic rings. The number of carboxylic acid groups (broad SMARTS) is 1. The van der Waals surface area contributed by atoms with Gasteiger partial charge in [0.05, 0.1) is 10.7 Å². The van der Waals surface area contributed by atoms with Crippen LogP contribution in [0, 0.1) is 5.82 Å². The van der Waals surface area contributed by atoms with Crippen LogP contribution in [0.5, 0.6) is 0 Å². The van der Waals surface area contributed by atoms with Crippen molar-refractivity contribution in [3.63, 3.8) is 0 Å². The van der Waals surface area contributed by atoms with E-state index in [-0.39, 0.29) is 16.6 Å². The Kier molecular flexibility index (Phi) is 7.17. The first-order chi connectivity index (χ1) is 12.4. The van der Waals surface area contributed by atoms with Crippen LogP contribution < -0.4 is 5.32 Å². The van der Waals surface area contributed by atoms with Gasteiger partial charge in [0.1, 0.15) is 5.82 Å². The molecular weight excluding hydrogens is 353 g/mol. The van der Waals surface area contributed by atoms with Crippen molar-refractivity contribution in [1.82, 2.24) is 0 Å². The summed E-state index contributed by atoms with van der Waals surface area (Å²) in [7, 11) is 0. The highest BCUT2D eigenvalue weighted by Crippen LogP contribution is 2.20. The van der Waals surface area contributed by atoms with E-state index in [0.29, 0.717) is 5.69 Å². The lowest BCUT2D eigenvalue weighted by Crippen LogP contribution is -2.15. The summed E-state index contributed by atoms with van der Waals surface area (Å²) in [5.74, 6) is -1.91. The van der Waals surface area contributed by atoms with Crippen LogP contribution in [0.2, 0.25) is 0 Å². The number of anilines is 1. The van der Waals surface area contributed by atoms with E-state index in [2.05, 4.69) is 5.32 Å². The van der Waals surface area contributed by atoms with Crippen LogP contribution in [0.15, 0.2) is 71.2 Å². The summed E-state index contributed by atoms with van der Waals surface area (Å²) in [5.41, 5.74) is 2.18. The Balaban J connectivity index is 1.99. The Hall–Kier alpha value is -2.86. The number of benzene rings is 2. The molecule has 134 valence electrons. The van der Waals surface area contributed by atoms with Gasteiger partial charge < -0.3 is 10.4 Å². The van der Waals surface area contributed by atoms with Crippen molar-refractivity contribution in [3.8, 4) is 0 Å². The van der Waals surface area contributed by atoms with E-state index in [4.69, 9.17) is 0 Å². The van der Waals surface area contributed by atoms with E-state index in [0.717, 1.165) is 22.9 Å². The van der Waals surface area contributed by atoms with Gasteiger partial charge in [-0.2, -0.15) is 0 Å². The summed E-state index contributed by atoms with van der Waals surface area (Å²) in [6, 6.07) is 14.9. The van der Waals surface area contributed by atoms with Crippen molar-refractivity contribution >= 4 is 35.4 Å². The maximum absolute atomic E-state index is 12.8. The highest BCUT2D eigenvalue weighted by atomic mass is 32.2. The molecule has 0 heterocycles. The van der Waals surface area contributed by atoms with E-state index < -0.39 is 11.8 Å². The zero-order chi connectivity index (χ0) is 18.9. The van der Waals surface area contributed by atoms with Crippen LogP contribution in [-0.4, -0.2) is 22.7 Å². The van der Waals surface area contributed by atoms with Crippen LogP contribution in [0.3, 0.4) is 0 Å². The minimum atomic E-state index is -1.09. The van der Waals surface area contributed by atoms with E-state index in [1.54, 1.807) is 6.92 Å². The summed E-state index contributed by atoms with van der Waals surface area (Å²) in [5, 5.41) is 11.9. The SMILES string of the molecule is CC(=C\c1ccccc1)/C=C(/SCC(=O)Nc1ccc(F)cc1)C(=O)O. The van der Waals surface area contributed by atoms with Crippen LogP contribution in [-0.2, 0) is 9.59 Å². The van der Waals surface area contributed by atoms with Crippen LogP contribution in [0.4, 0.5) is 10.1 Å². The Morgan fingerprint density at radius 3 is 2.38 bits per heavy atom. The van der Waals surface area contributed by atoms with Gasteiger partial charge in [0, 0.05) is 5.69 Å². The van der Waals surface area contributed by atoms with Gasteiger partial charge >= 0.3 is 5.97 Å². The Morgan fingerprint density at radius 1 is 1.12 bits per heavy atom. The minimum Gasteiger partial charge on any atom is -0.477 e. The van der Waals surface area contributed by atoms with E-state index in [1.807, 2.05) is 36.4 Å². The first-order valence-electron chi connectivity index (χ1n) is 7.80. The third-order valence-corrected chi connectivity index (χ3v) is 4.26. The molecule has 1 amide bonds. The lowest BCUT2D eigenvalue weighted by atomic mass is 10.1. The fourth-order valence-corrected chi connectivity index (χ4v) is 2.85. The van der Waals surface area contributed by atoms with Gasteiger partial charge in [-0.05, 0) is 48.4 Å². The van der Waals surface area contributed by atoms with Crippen molar-refractivity contribution in [2.75, 3.05) is 11.1 Å². The molecule has 2 aromatic rings. The summed E-state index contributed by atoms with van der Waals surface area (Å²) < 4.78 is 12.8. The molecule has 0 aliphatic carbocycles. The second kappa shape index (κ2) is 9.58. The molecular formula is C20H18FNO3S. The molecule has 0 bridgehead atoms.